The molecule has 1 aliphatic rings. The van der Waals surface area contributed by atoms with Gasteiger partial charge in [0.15, 0.2) is 0 Å². The Morgan fingerprint density at radius 3 is 2.61 bits per heavy atom. The van der Waals surface area contributed by atoms with Gasteiger partial charge in [0, 0.05) is 23.5 Å². The maximum Gasteiger partial charge on any atom is 0.321 e. The van der Waals surface area contributed by atoms with E-state index in [1.807, 2.05) is 5.32 Å². The Bertz CT molecular complexity index is 741. The molecule has 0 bridgehead atoms. The number of phenolic OH excluding ortho intramolecular Hbond substituents is 1. The van der Waals surface area contributed by atoms with Crippen molar-refractivity contribution in [1.82, 2.24) is 15.6 Å². The molecule has 23 heavy (non-hydrogen) atoms. The van der Waals surface area contributed by atoms with E-state index in [0.717, 1.165) is 16.5 Å². The van der Waals surface area contributed by atoms with E-state index in [1.54, 1.807) is 24.4 Å². The van der Waals surface area contributed by atoms with E-state index in [0.29, 0.717) is 0 Å². The van der Waals surface area contributed by atoms with Crippen LogP contribution in [0.5, 0.6) is 5.75 Å². The molecule has 0 radical (unpaired) electrons. The second kappa shape index (κ2) is 6.79. The summed E-state index contributed by atoms with van der Waals surface area (Å²) in [5.74, 6) is -1.14. The van der Waals surface area contributed by atoms with Crippen molar-refractivity contribution in [1.29, 1.82) is 0 Å². The van der Waals surface area contributed by atoms with Gasteiger partial charge in [0.25, 0.3) is 0 Å². The number of carboxylic acid groups (broad SMARTS) is 1. The largest absolute Gasteiger partial charge is 0.508 e. The number of hydrogen-bond donors (Lipinski definition) is 6. The highest BCUT2D eigenvalue weighted by Crippen LogP contribution is 2.23. The van der Waals surface area contributed by atoms with Crippen LogP contribution in [0.25, 0.3) is 10.9 Å². The zero-order chi connectivity index (χ0) is 17.0. The number of aromatic amines is 1. The van der Waals surface area contributed by atoms with E-state index >= 15 is 0 Å². The third kappa shape index (κ3) is 4.20. The smallest absolute Gasteiger partial charge is 0.321 e. The zero-order valence-electron chi connectivity index (χ0n) is 12.0. The molecule has 122 valence electrons. The number of phenols is 1. The number of urea groups is 1. The molecule has 1 unspecified atom stereocenters. The predicted molar refractivity (Wildman–Crippen MR) is 80.8 cm³/mol. The molecule has 1 aliphatic heterocycles. The normalized spacial score (nSPS) is 14.7. The molecule has 1 saturated heterocycles. The third-order valence-corrected chi connectivity index (χ3v) is 3.17. The number of benzene rings is 1. The standard InChI is InChI=1S/C11H12N2O3.C3H4N2O2/c12-9(11(15)16)3-6-5-13-10-2-1-7(14)4-8(6)10;6-2-1-4-3(7)5-2/h1-2,4-5,9,13-14H,3,12H2,(H,15,16);1H2,(H2,4,5,6,7). The van der Waals surface area contributed by atoms with Gasteiger partial charge < -0.3 is 26.2 Å². The molecule has 0 saturated carbocycles. The van der Waals surface area contributed by atoms with E-state index in [2.05, 4.69) is 10.3 Å². The molecule has 0 spiro atoms. The van der Waals surface area contributed by atoms with Gasteiger partial charge in [-0.1, -0.05) is 0 Å². The quantitative estimate of drug-likeness (QED) is 0.424. The topological polar surface area (TPSA) is 158 Å². The monoisotopic (exact) mass is 320 g/mol. The number of H-pyrrole nitrogens is 1. The first-order valence-corrected chi connectivity index (χ1v) is 6.72. The van der Waals surface area contributed by atoms with Crippen LogP contribution in [0.1, 0.15) is 5.56 Å². The Labute approximate surface area is 130 Å². The Morgan fingerprint density at radius 2 is 2.09 bits per heavy atom. The van der Waals surface area contributed by atoms with Crippen LogP contribution in [-0.4, -0.2) is 45.7 Å². The van der Waals surface area contributed by atoms with Crippen LogP contribution in [0.2, 0.25) is 0 Å². The molecule has 1 aromatic carbocycles. The molecule has 1 fully saturated rings. The number of nitrogens with two attached hydrogens (primary N) is 1. The van der Waals surface area contributed by atoms with Crippen molar-refractivity contribution >= 4 is 28.8 Å². The van der Waals surface area contributed by atoms with Crippen molar-refractivity contribution < 1.29 is 24.6 Å². The van der Waals surface area contributed by atoms with E-state index in [4.69, 9.17) is 10.8 Å². The number of aromatic nitrogens is 1. The zero-order valence-corrected chi connectivity index (χ0v) is 12.0. The van der Waals surface area contributed by atoms with Crippen molar-refractivity contribution in [2.75, 3.05) is 6.54 Å². The number of nitrogens with one attached hydrogen (secondary N) is 3. The van der Waals surface area contributed by atoms with Crippen molar-refractivity contribution in [3.8, 4) is 5.75 Å². The first-order chi connectivity index (χ1) is 10.9. The van der Waals surface area contributed by atoms with Gasteiger partial charge in [-0.2, -0.15) is 0 Å². The molecular formula is C14H16N4O5. The van der Waals surface area contributed by atoms with Crippen LogP contribution in [0.4, 0.5) is 4.79 Å². The van der Waals surface area contributed by atoms with Crippen LogP contribution in [0, 0.1) is 0 Å². The van der Waals surface area contributed by atoms with E-state index < -0.39 is 18.0 Å². The number of amides is 3. The maximum absolute atomic E-state index is 10.6. The van der Waals surface area contributed by atoms with Crippen molar-refractivity contribution in [2.24, 2.45) is 5.73 Å². The lowest BCUT2D eigenvalue weighted by Crippen LogP contribution is -2.32. The summed E-state index contributed by atoms with van der Waals surface area (Å²) in [6, 6.07) is 3.57. The summed E-state index contributed by atoms with van der Waals surface area (Å²) in [5.41, 5.74) is 7.11. The lowest BCUT2D eigenvalue weighted by atomic mass is 10.1. The fraction of sp³-hybridized carbons (Fsp3) is 0.214. The molecule has 2 aromatic rings. The van der Waals surface area contributed by atoms with Crippen LogP contribution in [0.3, 0.4) is 0 Å². The second-order valence-electron chi connectivity index (χ2n) is 4.92. The Hall–Kier alpha value is -3.07. The number of imide groups is 1. The number of rotatable bonds is 3. The summed E-state index contributed by atoms with van der Waals surface area (Å²) >= 11 is 0. The predicted octanol–water partition coefficient (Wildman–Crippen LogP) is -0.346. The molecule has 3 amide bonds. The number of aliphatic carboxylic acids is 1. The Kier molecular flexibility index (Phi) is 4.82. The summed E-state index contributed by atoms with van der Waals surface area (Å²) in [6.07, 6.45) is 1.95. The SMILES string of the molecule is NC(Cc1c[nH]c2ccc(O)cc12)C(=O)O.O=C1CNC(=O)N1. The molecule has 3 rings (SSSR count). The number of carbonyl (C=O) groups excluding carboxylic acids is 2. The number of aromatic hydroxyl groups is 1. The van der Waals surface area contributed by atoms with Crippen molar-refractivity contribution in [2.45, 2.75) is 12.5 Å². The fourth-order valence-corrected chi connectivity index (χ4v) is 2.04. The average Bonchev–Trinajstić information content (AvgIpc) is 3.05. The van der Waals surface area contributed by atoms with Crippen LogP contribution < -0.4 is 16.4 Å². The van der Waals surface area contributed by atoms with E-state index in [9.17, 15) is 19.5 Å². The van der Waals surface area contributed by atoms with Crippen LogP contribution >= 0.6 is 0 Å². The van der Waals surface area contributed by atoms with Gasteiger partial charge in [-0.15, -0.1) is 0 Å². The van der Waals surface area contributed by atoms with Crippen LogP contribution in [0.15, 0.2) is 24.4 Å². The van der Waals surface area contributed by atoms with Crippen LogP contribution in [-0.2, 0) is 16.0 Å². The summed E-state index contributed by atoms with van der Waals surface area (Å²) in [5, 5.41) is 23.2. The van der Waals surface area contributed by atoms with Gasteiger partial charge in [-0.05, 0) is 23.8 Å². The van der Waals surface area contributed by atoms with Crippen molar-refractivity contribution in [3.05, 3.63) is 30.0 Å². The molecule has 2 heterocycles. The summed E-state index contributed by atoms with van der Waals surface area (Å²) < 4.78 is 0. The minimum absolute atomic E-state index is 0.124. The summed E-state index contributed by atoms with van der Waals surface area (Å²) in [4.78, 5) is 33.7. The lowest BCUT2D eigenvalue weighted by molar-refractivity contribution is -0.138. The van der Waals surface area contributed by atoms with E-state index in [1.165, 1.54) is 0 Å². The van der Waals surface area contributed by atoms with Gasteiger partial charge in [0.2, 0.25) is 5.91 Å². The Balaban J connectivity index is 0.000000229. The number of carboxylic acids is 1. The minimum Gasteiger partial charge on any atom is -0.508 e. The molecular weight excluding hydrogens is 304 g/mol. The average molecular weight is 320 g/mol. The highest BCUT2D eigenvalue weighted by Gasteiger charge is 2.15. The number of hydrogen-bond acceptors (Lipinski definition) is 5. The Morgan fingerprint density at radius 1 is 1.35 bits per heavy atom. The minimum atomic E-state index is -1.03. The molecule has 1 atom stereocenters. The van der Waals surface area contributed by atoms with Gasteiger partial charge in [0.05, 0.1) is 6.54 Å². The highest BCUT2D eigenvalue weighted by atomic mass is 16.4. The second-order valence-corrected chi connectivity index (χ2v) is 4.92. The first-order valence-electron chi connectivity index (χ1n) is 6.72. The molecule has 7 N–H and O–H groups in total. The van der Waals surface area contributed by atoms with Gasteiger partial charge in [0.1, 0.15) is 11.8 Å². The third-order valence-electron chi connectivity index (χ3n) is 3.17. The molecule has 1 aromatic heterocycles. The number of fused-ring (bicyclic) bond motifs is 1. The number of carbonyl (C=O) groups is 3. The lowest BCUT2D eigenvalue weighted by Gasteiger charge is -2.04. The summed E-state index contributed by atoms with van der Waals surface area (Å²) in [7, 11) is 0. The van der Waals surface area contributed by atoms with Gasteiger partial charge in [-0.3, -0.25) is 14.9 Å². The van der Waals surface area contributed by atoms with Gasteiger partial charge >= 0.3 is 12.0 Å². The molecule has 0 aliphatic carbocycles. The van der Waals surface area contributed by atoms with Gasteiger partial charge in [-0.25, -0.2) is 4.79 Å². The van der Waals surface area contributed by atoms with E-state index in [-0.39, 0.29) is 24.6 Å². The first kappa shape index (κ1) is 16.3. The summed E-state index contributed by atoms with van der Waals surface area (Å²) in [6.45, 7) is 0.124. The van der Waals surface area contributed by atoms with Crippen molar-refractivity contribution in [3.63, 3.8) is 0 Å². The highest BCUT2D eigenvalue weighted by molar-refractivity contribution is 6.01. The molecule has 9 nitrogen and oxygen atoms in total. The maximum atomic E-state index is 10.6. The molecule has 9 heteroatoms. The fourth-order valence-electron chi connectivity index (χ4n) is 2.04.